The van der Waals surface area contributed by atoms with Gasteiger partial charge in [-0.1, -0.05) is 13.0 Å². The van der Waals surface area contributed by atoms with Crippen LogP contribution in [0.15, 0.2) is 23.2 Å². The standard InChI is InChI=1S/C13H19N3OS/c1-3-4-11(2)12(17)15-6-8-16(9-7-15)13-14-5-10-18-13/h4-5,10H,3,6-9H2,1-2H3/b11-4+. The van der Waals surface area contributed by atoms with E-state index in [9.17, 15) is 4.79 Å². The van der Waals surface area contributed by atoms with Crippen LogP contribution in [0.2, 0.25) is 0 Å². The number of allylic oxidation sites excluding steroid dienone is 1. The topological polar surface area (TPSA) is 36.4 Å². The quantitative estimate of drug-likeness (QED) is 0.786. The van der Waals surface area contributed by atoms with Gasteiger partial charge in [-0.2, -0.15) is 0 Å². The van der Waals surface area contributed by atoms with Crippen LogP contribution in [0.1, 0.15) is 20.3 Å². The van der Waals surface area contributed by atoms with Gasteiger partial charge in [0.15, 0.2) is 5.13 Å². The Bertz CT molecular complexity index is 419. The molecular formula is C13H19N3OS. The summed E-state index contributed by atoms with van der Waals surface area (Å²) in [6.45, 7) is 7.27. The SMILES string of the molecule is CC/C=C(\C)C(=O)N1CCN(c2nccs2)CC1. The van der Waals surface area contributed by atoms with Crippen molar-refractivity contribution in [2.24, 2.45) is 0 Å². The molecule has 0 spiro atoms. The summed E-state index contributed by atoms with van der Waals surface area (Å²) < 4.78 is 0. The highest BCUT2D eigenvalue weighted by Gasteiger charge is 2.22. The van der Waals surface area contributed by atoms with Crippen LogP contribution in [0.4, 0.5) is 5.13 Å². The Labute approximate surface area is 112 Å². The van der Waals surface area contributed by atoms with E-state index in [-0.39, 0.29) is 5.91 Å². The molecule has 18 heavy (non-hydrogen) atoms. The van der Waals surface area contributed by atoms with Crippen molar-refractivity contribution in [1.29, 1.82) is 0 Å². The summed E-state index contributed by atoms with van der Waals surface area (Å²) in [5, 5.41) is 3.05. The van der Waals surface area contributed by atoms with Crippen molar-refractivity contribution in [2.45, 2.75) is 20.3 Å². The van der Waals surface area contributed by atoms with E-state index < -0.39 is 0 Å². The number of aromatic nitrogens is 1. The summed E-state index contributed by atoms with van der Waals surface area (Å²) >= 11 is 1.65. The van der Waals surface area contributed by atoms with Crippen LogP contribution in [0.5, 0.6) is 0 Å². The minimum atomic E-state index is 0.177. The lowest BCUT2D eigenvalue weighted by atomic mass is 10.2. The molecule has 1 aliphatic heterocycles. The molecule has 0 atom stereocenters. The molecule has 1 saturated heterocycles. The third-order valence-corrected chi connectivity index (χ3v) is 3.94. The van der Waals surface area contributed by atoms with Crippen LogP contribution >= 0.6 is 11.3 Å². The van der Waals surface area contributed by atoms with Crippen molar-refractivity contribution in [3.8, 4) is 0 Å². The van der Waals surface area contributed by atoms with Gasteiger partial charge in [-0.15, -0.1) is 11.3 Å². The molecule has 1 amide bonds. The van der Waals surface area contributed by atoms with Gasteiger partial charge in [0.25, 0.3) is 0 Å². The van der Waals surface area contributed by atoms with Crippen molar-refractivity contribution in [3.05, 3.63) is 23.2 Å². The van der Waals surface area contributed by atoms with Crippen molar-refractivity contribution in [1.82, 2.24) is 9.88 Å². The highest BCUT2D eigenvalue weighted by molar-refractivity contribution is 7.13. The molecule has 0 radical (unpaired) electrons. The van der Waals surface area contributed by atoms with Crippen molar-refractivity contribution in [3.63, 3.8) is 0 Å². The predicted molar refractivity (Wildman–Crippen MR) is 75.0 cm³/mol. The maximum Gasteiger partial charge on any atom is 0.249 e. The first-order chi connectivity index (χ1) is 8.72. The normalized spacial score (nSPS) is 17.1. The minimum Gasteiger partial charge on any atom is -0.345 e. The number of carbonyl (C=O) groups is 1. The maximum atomic E-state index is 12.1. The molecule has 0 aromatic carbocycles. The Morgan fingerprint density at radius 1 is 1.44 bits per heavy atom. The molecule has 0 aliphatic carbocycles. The Morgan fingerprint density at radius 3 is 2.72 bits per heavy atom. The number of piperazine rings is 1. The smallest absolute Gasteiger partial charge is 0.249 e. The molecule has 98 valence electrons. The van der Waals surface area contributed by atoms with E-state index in [1.165, 1.54) is 0 Å². The lowest BCUT2D eigenvalue weighted by Crippen LogP contribution is -2.49. The van der Waals surface area contributed by atoms with Crippen molar-refractivity contribution < 1.29 is 4.79 Å². The lowest BCUT2D eigenvalue weighted by Gasteiger charge is -2.34. The number of thiazole rings is 1. The molecule has 4 nitrogen and oxygen atoms in total. The van der Waals surface area contributed by atoms with Gasteiger partial charge in [0.05, 0.1) is 0 Å². The molecule has 5 heteroatoms. The summed E-state index contributed by atoms with van der Waals surface area (Å²) in [6, 6.07) is 0. The van der Waals surface area contributed by atoms with Gasteiger partial charge in [-0.05, 0) is 13.3 Å². The summed E-state index contributed by atoms with van der Waals surface area (Å²) in [5.74, 6) is 0.177. The highest BCUT2D eigenvalue weighted by Crippen LogP contribution is 2.19. The van der Waals surface area contributed by atoms with Crippen LogP contribution in [0.25, 0.3) is 0 Å². The molecule has 1 fully saturated rings. The monoisotopic (exact) mass is 265 g/mol. The molecular weight excluding hydrogens is 246 g/mol. The van der Waals surface area contributed by atoms with Gasteiger partial charge in [-0.3, -0.25) is 4.79 Å². The molecule has 1 aliphatic rings. The van der Waals surface area contributed by atoms with Crippen LogP contribution in [-0.2, 0) is 4.79 Å². The summed E-state index contributed by atoms with van der Waals surface area (Å²) in [4.78, 5) is 20.6. The zero-order valence-electron chi connectivity index (χ0n) is 10.9. The van der Waals surface area contributed by atoms with Gasteiger partial charge < -0.3 is 9.80 Å². The largest absolute Gasteiger partial charge is 0.345 e. The van der Waals surface area contributed by atoms with E-state index in [2.05, 4.69) is 16.8 Å². The zero-order chi connectivity index (χ0) is 13.0. The first-order valence-corrected chi connectivity index (χ1v) is 7.20. The van der Waals surface area contributed by atoms with Crippen LogP contribution in [-0.4, -0.2) is 42.0 Å². The summed E-state index contributed by atoms with van der Waals surface area (Å²) in [6.07, 6.45) is 4.73. The van der Waals surface area contributed by atoms with E-state index in [1.54, 1.807) is 11.3 Å². The number of carbonyl (C=O) groups excluding carboxylic acids is 1. The molecule has 0 bridgehead atoms. The minimum absolute atomic E-state index is 0.177. The number of anilines is 1. The third kappa shape index (κ3) is 2.90. The summed E-state index contributed by atoms with van der Waals surface area (Å²) in [7, 11) is 0. The number of amides is 1. The molecule has 0 saturated carbocycles. The highest BCUT2D eigenvalue weighted by atomic mass is 32.1. The average Bonchev–Trinajstić information content (AvgIpc) is 2.92. The first-order valence-electron chi connectivity index (χ1n) is 6.33. The second-order valence-corrected chi connectivity index (χ2v) is 5.26. The summed E-state index contributed by atoms with van der Waals surface area (Å²) in [5.41, 5.74) is 0.861. The fourth-order valence-electron chi connectivity index (χ4n) is 2.12. The van der Waals surface area contributed by atoms with E-state index in [0.717, 1.165) is 43.3 Å². The van der Waals surface area contributed by atoms with E-state index in [0.29, 0.717) is 0 Å². The van der Waals surface area contributed by atoms with Crippen LogP contribution < -0.4 is 4.90 Å². The Hall–Kier alpha value is -1.36. The average molecular weight is 265 g/mol. The lowest BCUT2D eigenvalue weighted by molar-refractivity contribution is -0.127. The third-order valence-electron chi connectivity index (χ3n) is 3.10. The Balaban J connectivity index is 1.91. The van der Waals surface area contributed by atoms with E-state index in [1.807, 2.05) is 29.5 Å². The van der Waals surface area contributed by atoms with Gasteiger partial charge in [0, 0.05) is 43.3 Å². The van der Waals surface area contributed by atoms with Crippen molar-refractivity contribution in [2.75, 3.05) is 31.1 Å². The van der Waals surface area contributed by atoms with E-state index >= 15 is 0 Å². The predicted octanol–water partition coefficient (Wildman–Crippen LogP) is 2.15. The number of hydrogen-bond donors (Lipinski definition) is 0. The van der Waals surface area contributed by atoms with Gasteiger partial charge in [-0.25, -0.2) is 4.98 Å². The zero-order valence-corrected chi connectivity index (χ0v) is 11.7. The van der Waals surface area contributed by atoms with Gasteiger partial charge in [0.1, 0.15) is 0 Å². The second-order valence-electron chi connectivity index (χ2n) is 4.39. The molecule has 0 unspecified atom stereocenters. The number of hydrogen-bond acceptors (Lipinski definition) is 4. The van der Waals surface area contributed by atoms with Gasteiger partial charge >= 0.3 is 0 Å². The van der Waals surface area contributed by atoms with Gasteiger partial charge in [0.2, 0.25) is 5.91 Å². The number of rotatable bonds is 3. The molecule has 1 aromatic rings. The Kier molecular flexibility index (Phi) is 4.36. The fourth-order valence-corrected chi connectivity index (χ4v) is 2.81. The first kappa shape index (κ1) is 13.1. The van der Waals surface area contributed by atoms with Crippen molar-refractivity contribution >= 4 is 22.4 Å². The van der Waals surface area contributed by atoms with Crippen LogP contribution in [0.3, 0.4) is 0 Å². The maximum absolute atomic E-state index is 12.1. The number of nitrogens with zero attached hydrogens (tertiary/aromatic N) is 3. The fraction of sp³-hybridized carbons (Fsp3) is 0.538. The molecule has 2 heterocycles. The molecule has 1 aromatic heterocycles. The van der Waals surface area contributed by atoms with Crippen LogP contribution in [0, 0.1) is 0 Å². The molecule has 2 rings (SSSR count). The Morgan fingerprint density at radius 2 is 2.17 bits per heavy atom. The second kappa shape index (κ2) is 6.00. The molecule has 0 N–H and O–H groups in total. The van der Waals surface area contributed by atoms with E-state index in [4.69, 9.17) is 0 Å².